The molecule has 0 bridgehead atoms. The van der Waals surface area contributed by atoms with Crippen molar-refractivity contribution in [3.05, 3.63) is 53.1 Å². The van der Waals surface area contributed by atoms with Crippen LogP contribution in [-0.2, 0) is 9.84 Å². The molecule has 0 saturated carbocycles. The quantitative estimate of drug-likeness (QED) is 0.849. The van der Waals surface area contributed by atoms with Crippen molar-refractivity contribution in [2.45, 2.75) is 4.90 Å². The third kappa shape index (κ3) is 3.74. The highest BCUT2D eigenvalue weighted by molar-refractivity contribution is 7.90. The molecule has 0 aliphatic carbocycles. The van der Waals surface area contributed by atoms with E-state index in [0.717, 1.165) is 6.26 Å². The summed E-state index contributed by atoms with van der Waals surface area (Å²) in [7, 11) is -3.33. The van der Waals surface area contributed by atoms with E-state index >= 15 is 0 Å². The standard InChI is InChI=1S/C14H13ClN2O3S/c1-21(19,20)11-4-2-3-10(8-11)17-14(18)12-6-5-9(15)7-13(12)16/h2-8H,16H2,1H3,(H,17,18). The molecule has 3 N–H and O–H groups in total. The van der Waals surface area contributed by atoms with Crippen molar-refractivity contribution in [2.75, 3.05) is 17.3 Å². The summed E-state index contributed by atoms with van der Waals surface area (Å²) in [6.45, 7) is 0. The lowest BCUT2D eigenvalue weighted by Crippen LogP contribution is -2.14. The molecule has 0 aliphatic rings. The minimum Gasteiger partial charge on any atom is -0.398 e. The molecule has 7 heteroatoms. The average molecular weight is 325 g/mol. The molecule has 2 aromatic rings. The maximum absolute atomic E-state index is 12.1. The fraction of sp³-hybridized carbons (Fsp3) is 0.0714. The number of anilines is 2. The summed E-state index contributed by atoms with van der Waals surface area (Å²) >= 11 is 5.77. The molecule has 0 unspecified atom stereocenters. The van der Waals surface area contributed by atoms with Gasteiger partial charge in [0.25, 0.3) is 5.91 Å². The summed E-state index contributed by atoms with van der Waals surface area (Å²) in [4.78, 5) is 12.3. The SMILES string of the molecule is CS(=O)(=O)c1cccc(NC(=O)c2ccc(Cl)cc2N)c1. The Morgan fingerprint density at radius 1 is 1.19 bits per heavy atom. The number of amides is 1. The van der Waals surface area contributed by atoms with Gasteiger partial charge < -0.3 is 11.1 Å². The lowest BCUT2D eigenvalue weighted by molar-refractivity contribution is 0.102. The van der Waals surface area contributed by atoms with Crippen LogP contribution in [0.4, 0.5) is 11.4 Å². The van der Waals surface area contributed by atoms with E-state index in [9.17, 15) is 13.2 Å². The minimum absolute atomic E-state index is 0.129. The van der Waals surface area contributed by atoms with Crippen LogP contribution < -0.4 is 11.1 Å². The van der Waals surface area contributed by atoms with E-state index in [1.807, 2.05) is 0 Å². The number of sulfone groups is 1. The molecule has 0 aliphatic heterocycles. The van der Waals surface area contributed by atoms with Crippen LogP contribution in [0.2, 0.25) is 5.02 Å². The number of hydrogen-bond acceptors (Lipinski definition) is 4. The van der Waals surface area contributed by atoms with Crippen LogP contribution in [0.5, 0.6) is 0 Å². The van der Waals surface area contributed by atoms with Gasteiger partial charge in [-0.05, 0) is 36.4 Å². The highest BCUT2D eigenvalue weighted by atomic mass is 35.5. The molecule has 0 heterocycles. The van der Waals surface area contributed by atoms with E-state index in [2.05, 4.69) is 5.32 Å². The second kappa shape index (κ2) is 5.75. The fourth-order valence-corrected chi connectivity index (χ4v) is 2.59. The molecule has 0 fully saturated rings. The van der Waals surface area contributed by atoms with Crippen molar-refractivity contribution in [2.24, 2.45) is 0 Å². The van der Waals surface area contributed by atoms with Crippen molar-refractivity contribution < 1.29 is 13.2 Å². The van der Waals surface area contributed by atoms with Crippen LogP contribution in [0.1, 0.15) is 10.4 Å². The van der Waals surface area contributed by atoms with Crippen LogP contribution in [-0.4, -0.2) is 20.6 Å². The van der Waals surface area contributed by atoms with Gasteiger partial charge in [-0.15, -0.1) is 0 Å². The summed E-state index contributed by atoms with van der Waals surface area (Å²) in [5, 5.41) is 3.04. The Hall–Kier alpha value is -2.05. The van der Waals surface area contributed by atoms with Gasteiger partial charge in [0.05, 0.1) is 10.5 Å². The van der Waals surface area contributed by atoms with Gasteiger partial charge in [-0.25, -0.2) is 8.42 Å². The molecule has 2 aromatic carbocycles. The van der Waals surface area contributed by atoms with Crippen molar-refractivity contribution >= 4 is 38.7 Å². The second-order valence-electron chi connectivity index (χ2n) is 4.49. The number of nitrogen functional groups attached to an aromatic ring is 1. The molecule has 0 saturated heterocycles. The highest BCUT2D eigenvalue weighted by Gasteiger charge is 2.12. The van der Waals surface area contributed by atoms with Crippen LogP contribution in [0.25, 0.3) is 0 Å². The van der Waals surface area contributed by atoms with Gasteiger partial charge in [0, 0.05) is 22.7 Å². The van der Waals surface area contributed by atoms with Crippen molar-refractivity contribution in [1.82, 2.24) is 0 Å². The fourth-order valence-electron chi connectivity index (χ4n) is 1.74. The third-order valence-corrected chi connectivity index (χ3v) is 4.12. The van der Waals surface area contributed by atoms with Crippen LogP contribution in [0.15, 0.2) is 47.4 Å². The summed E-state index contributed by atoms with van der Waals surface area (Å²) < 4.78 is 23.0. The van der Waals surface area contributed by atoms with Crippen LogP contribution >= 0.6 is 11.6 Å². The summed E-state index contributed by atoms with van der Waals surface area (Å²) in [6, 6.07) is 10.5. The zero-order valence-electron chi connectivity index (χ0n) is 11.1. The number of nitrogens with two attached hydrogens (primary N) is 1. The Balaban J connectivity index is 2.28. The largest absolute Gasteiger partial charge is 0.398 e. The number of rotatable bonds is 3. The molecule has 0 aromatic heterocycles. The van der Waals surface area contributed by atoms with Gasteiger partial charge in [-0.2, -0.15) is 0 Å². The summed E-state index contributed by atoms with van der Waals surface area (Å²) in [5.41, 5.74) is 6.62. The van der Waals surface area contributed by atoms with E-state index in [1.54, 1.807) is 18.2 Å². The van der Waals surface area contributed by atoms with E-state index in [0.29, 0.717) is 10.7 Å². The second-order valence-corrected chi connectivity index (χ2v) is 6.94. The van der Waals surface area contributed by atoms with E-state index < -0.39 is 15.7 Å². The Morgan fingerprint density at radius 2 is 1.90 bits per heavy atom. The first-order valence-corrected chi connectivity index (χ1v) is 8.21. The molecule has 110 valence electrons. The zero-order chi connectivity index (χ0) is 15.6. The molecule has 1 amide bonds. The maximum Gasteiger partial charge on any atom is 0.257 e. The van der Waals surface area contributed by atoms with E-state index in [-0.39, 0.29) is 16.1 Å². The Labute approximate surface area is 127 Å². The molecule has 0 spiro atoms. The first-order chi connectivity index (χ1) is 9.77. The van der Waals surface area contributed by atoms with Gasteiger partial charge in [-0.3, -0.25) is 4.79 Å². The van der Waals surface area contributed by atoms with Crippen molar-refractivity contribution in [1.29, 1.82) is 0 Å². The Morgan fingerprint density at radius 3 is 2.52 bits per heavy atom. The predicted octanol–water partition coefficient (Wildman–Crippen LogP) is 2.58. The average Bonchev–Trinajstić information content (AvgIpc) is 2.37. The molecule has 5 nitrogen and oxygen atoms in total. The number of carbonyl (C=O) groups excluding carboxylic acids is 1. The number of hydrogen-bond donors (Lipinski definition) is 2. The normalized spacial score (nSPS) is 11.1. The monoisotopic (exact) mass is 324 g/mol. The summed E-state index contributed by atoms with van der Waals surface area (Å²) in [6.07, 6.45) is 1.10. The van der Waals surface area contributed by atoms with E-state index in [4.69, 9.17) is 17.3 Å². The smallest absolute Gasteiger partial charge is 0.257 e. The van der Waals surface area contributed by atoms with Crippen LogP contribution in [0, 0.1) is 0 Å². The molecule has 2 rings (SSSR count). The minimum atomic E-state index is -3.33. The number of halogens is 1. The number of nitrogens with one attached hydrogen (secondary N) is 1. The highest BCUT2D eigenvalue weighted by Crippen LogP contribution is 2.20. The topological polar surface area (TPSA) is 89.3 Å². The molecule has 0 radical (unpaired) electrons. The lowest BCUT2D eigenvalue weighted by atomic mass is 10.1. The van der Waals surface area contributed by atoms with Gasteiger partial charge in [0.2, 0.25) is 0 Å². The van der Waals surface area contributed by atoms with Gasteiger partial charge in [0.15, 0.2) is 9.84 Å². The van der Waals surface area contributed by atoms with E-state index in [1.165, 1.54) is 24.3 Å². The zero-order valence-corrected chi connectivity index (χ0v) is 12.7. The third-order valence-electron chi connectivity index (χ3n) is 2.78. The molecule has 0 atom stereocenters. The van der Waals surface area contributed by atoms with Crippen LogP contribution in [0.3, 0.4) is 0 Å². The number of carbonyl (C=O) groups is 1. The van der Waals surface area contributed by atoms with Gasteiger partial charge >= 0.3 is 0 Å². The van der Waals surface area contributed by atoms with Gasteiger partial charge in [-0.1, -0.05) is 17.7 Å². The summed E-state index contributed by atoms with van der Waals surface area (Å²) in [5.74, 6) is -0.435. The number of benzene rings is 2. The Kier molecular flexibility index (Phi) is 4.20. The molecule has 21 heavy (non-hydrogen) atoms. The Bertz CT molecular complexity index is 804. The lowest BCUT2D eigenvalue weighted by Gasteiger charge is -2.09. The first kappa shape index (κ1) is 15.3. The molecular weight excluding hydrogens is 312 g/mol. The van der Waals surface area contributed by atoms with Gasteiger partial charge in [0.1, 0.15) is 0 Å². The first-order valence-electron chi connectivity index (χ1n) is 5.94. The predicted molar refractivity (Wildman–Crippen MR) is 83.4 cm³/mol. The maximum atomic E-state index is 12.1. The molecular formula is C14H13ClN2O3S. The van der Waals surface area contributed by atoms with Crippen molar-refractivity contribution in [3.8, 4) is 0 Å². The van der Waals surface area contributed by atoms with Crippen molar-refractivity contribution in [3.63, 3.8) is 0 Å².